The van der Waals surface area contributed by atoms with Crippen molar-refractivity contribution in [2.45, 2.75) is 19.8 Å². The molecule has 1 aromatic carbocycles. The van der Waals surface area contributed by atoms with Gasteiger partial charge in [-0.3, -0.25) is 4.79 Å². The molecule has 0 saturated heterocycles. The third kappa shape index (κ3) is 2.75. The third-order valence-corrected chi connectivity index (χ3v) is 3.00. The average molecular weight is 250 g/mol. The van der Waals surface area contributed by atoms with Gasteiger partial charge in [0, 0.05) is 5.92 Å². The highest BCUT2D eigenvalue weighted by Gasteiger charge is 2.30. The highest BCUT2D eigenvalue weighted by molar-refractivity contribution is 5.84. The molecule has 0 aromatic heterocycles. The number of aryl methyl sites for hydroxylation is 1. The van der Waals surface area contributed by atoms with E-state index in [1.165, 1.54) is 0 Å². The monoisotopic (exact) mass is 250 g/mol. The van der Waals surface area contributed by atoms with Crippen LogP contribution >= 0.6 is 0 Å². The second-order valence-electron chi connectivity index (χ2n) is 4.53. The molecule has 0 atom stereocenters. The van der Waals surface area contributed by atoms with Crippen molar-refractivity contribution in [3.8, 4) is 17.2 Å². The van der Waals surface area contributed by atoms with Crippen LogP contribution in [0, 0.1) is 12.8 Å². The fourth-order valence-corrected chi connectivity index (χ4v) is 1.82. The Hall–Kier alpha value is -1.71. The van der Waals surface area contributed by atoms with Gasteiger partial charge in [0.05, 0.1) is 14.2 Å². The molecular formula is C14H18O4. The number of hydrogen-bond acceptors (Lipinski definition) is 4. The van der Waals surface area contributed by atoms with E-state index < -0.39 is 0 Å². The number of ketones is 1. The van der Waals surface area contributed by atoms with Crippen LogP contribution in [-0.4, -0.2) is 26.6 Å². The molecule has 0 bridgehead atoms. The smallest absolute Gasteiger partial charge is 0.203 e. The van der Waals surface area contributed by atoms with Crippen LogP contribution in [0.1, 0.15) is 18.4 Å². The zero-order chi connectivity index (χ0) is 13.1. The van der Waals surface area contributed by atoms with E-state index in [1.54, 1.807) is 14.2 Å². The summed E-state index contributed by atoms with van der Waals surface area (Å²) in [6, 6.07) is 3.72. The van der Waals surface area contributed by atoms with Gasteiger partial charge in [-0.25, -0.2) is 0 Å². The van der Waals surface area contributed by atoms with Crippen LogP contribution < -0.4 is 14.2 Å². The number of hydrogen-bond donors (Lipinski definition) is 0. The Bertz CT molecular complexity index is 424. The lowest BCUT2D eigenvalue weighted by Gasteiger charge is -2.14. The minimum atomic E-state index is 0.0838. The summed E-state index contributed by atoms with van der Waals surface area (Å²) in [6.07, 6.45) is 1.98. The maximum absolute atomic E-state index is 11.6. The van der Waals surface area contributed by atoms with Crippen LogP contribution in [0.5, 0.6) is 17.2 Å². The topological polar surface area (TPSA) is 44.8 Å². The molecular weight excluding hydrogens is 232 g/mol. The molecule has 2 rings (SSSR count). The van der Waals surface area contributed by atoms with E-state index >= 15 is 0 Å². The Balaban J connectivity index is 2.15. The number of Topliss-reactive ketones (excluding diaryl/α,β-unsaturated/α-hetero) is 1. The number of carbonyl (C=O) groups excluding carboxylic acids is 1. The van der Waals surface area contributed by atoms with E-state index in [9.17, 15) is 4.79 Å². The Morgan fingerprint density at radius 1 is 1.22 bits per heavy atom. The Labute approximate surface area is 107 Å². The van der Waals surface area contributed by atoms with E-state index in [-0.39, 0.29) is 18.3 Å². The molecule has 18 heavy (non-hydrogen) atoms. The second kappa shape index (κ2) is 5.29. The summed E-state index contributed by atoms with van der Waals surface area (Å²) in [6.45, 7) is 2.03. The van der Waals surface area contributed by atoms with Crippen molar-refractivity contribution in [3.05, 3.63) is 17.7 Å². The van der Waals surface area contributed by atoms with Crippen molar-refractivity contribution < 1.29 is 19.0 Å². The summed E-state index contributed by atoms with van der Waals surface area (Å²) < 4.78 is 16.1. The molecule has 0 spiro atoms. The first-order valence-corrected chi connectivity index (χ1v) is 6.04. The number of rotatable bonds is 6. The van der Waals surface area contributed by atoms with E-state index in [0.717, 1.165) is 18.4 Å². The van der Waals surface area contributed by atoms with Gasteiger partial charge < -0.3 is 14.2 Å². The minimum Gasteiger partial charge on any atom is -0.493 e. The fraction of sp³-hybridized carbons (Fsp3) is 0.500. The van der Waals surface area contributed by atoms with Crippen LogP contribution in [0.3, 0.4) is 0 Å². The largest absolute Gasteiger partial charge is 0.493 e. The molecule has 1 aliphatic carbocycles. The predicted molar refractivity (Wildman–Crippen MR) is 67.5 cm³/mol. The summed E-state index contributed by atoms with van der Waals surface area (Å²) in [7, 11) is 3.15. The molecule has 98 valence electrons. The summed E-state index contributed by atoms with van der Waals surface area (Å²) in [5, 5.41) is 0. The highest BCUT2D eigenvalue weighted by Crippen LogP contribution is 2.39. The Kier molecular flexibility index (Phi) is 3.75. The molecule has 0 aliphatic heterocycles. The van der Waals surface area contributed by atoms with Crippen molar-refractivity contribution in [2.24, 2.45) is 5.92 Å². The van der Waals surface area contributed by atoms with E-state index in [1.807, 2.05) is 19.1 Å². The molecule has 4 heteroatoms. The fourth-order valence-electron chi connectivity index (χ4n) is 1.82. The summed E-state index contributed by atoms with van der Waals surface area (Å²) >= 11 is 0. The van der Waals surface area contributed by atoms with Crippen LogP contribution in [0.2, 0.25) is 0 Å². The lowest BCUT2D eigenvalue weighted by atomic mass is 10.2. The first-order chi connectivity index (χ1) is 8.65. The maximum atomic E-state index is 11.6. The highest BCUT2D eigenvalue weighted by atomic mass is 16.5. The van der Waals surface area contributed by atoms with Gasteiger partial charge in [0.25, 0.3) is 0 Å². The van der Waals surface area contributed by atoms with Crippen LogP contribution in [0.4, 0.5) is 0 Å². The molecule has 0 amide bonds. The summed E-state index contributed by atoms with van der Waals surface area (Å²) in [5.41, 5.74) is 1.02. The van der Waals surface area contributed by atoms with Crippen molar-refractivity contribution in [1.29, 1.82) is 0 Å². The summed E-state index contributed by atoms with van der Waals surface area (Å²) in [4.78, 5) is 11.6. The van der Waals surface area contributed by atoms with Gasteiger partial charge in [-0.05, 0) is 37.5 Å². The minimum absolute atomic E-state index is 0.0838. The van der Waals surface area contributed by atoms with Gasteiger partial charge in [0.1, 0.15) is 6.61 Å². The van der Waals surface area contributed by atoms with Gasteiger partial charge >= 0.3 is 0 Å². The molecule has 0 N–H and O–H groups in total. The van der Waals surface area contributed by atoms with Crippen LogP contribution in [-0.2, 0) is 4.79 Å². The van der Waals surface area contributed by atoms with Gasteiger partial charge in [0.2, 0.25) is 5.75 Å². The van der Waals surface area contributed by atoms with Crippen molar-refractivity contribution in [2.75, 3.05) is 20.8 Å². The van der Waals surface area contributed by atoms with Crippen molar-refractivity contribution in [1.82, 2.24) is 0 Å². The molecule has 0 radical (unpaired) electrons. The van der Waals surface area contributed by atoms with Crippen molar-refractivity contribution >= 4 is 5.78 Å². The molecule has 1 aromatic rings. The maximum Gasteiger partial charge on any atom is 0.203 e. The normalized spacial score (nSPS) is 14.2. The second-order valence-corrected chi connectivity index (χ2v) is 4.53. The van der Waals surface area contributed by atoms with Crippen LogP contribution in [0.15, 0.2) is 12.1 Å². The first kappa shape index (κ1) is 12.7. The zero-order valence-corrected chi connectivity index (χ0v) is 11.0. The lowest BCUT2D eigenvalue weighted by molar-refractivity contribution is -0.122. The zero-order valence-electron chi connectivity index (χ0n) is 11.0. The lowest BCUT2D eigenvalue weighted by Crippen LogP contribution is -2.13. The van der Waals surface area contributed by atoms with Gasteiger partial charge in [-0.1, -0.05) is 0 Å². The number of carbonyl (C=O) groups is 1. The van der Waals surface area contributed by atoms with Crippen molar-refractivity contribution in [3.63, 3.8) is 0 Å². The third-order valence-electron chi connectivity index (χ3n) is 3.00. The molecule has 1 fully saturated rings. The Morgan fingerprint density at radius 3 is 2.22 bits per heavy atom. The number of benzene rings is 1. The van der Waals surface area contributed by atoms with Gasteiger partial charge in [0.15, 0.2) is 17.3 Å². The summed E-state index contributed by atoms with van der Waals surface area (Å²) in [5.74, 6) is 2.04. The molecule has 0 heterocycles. The first-order valence-electron chi connectivity index (χ1n) is 6.04. The number of ether oxygens (including phenoxy) is 3. The van der Waals surface area contributed by atoms with Crippen LogP contribution in [0.25, 0.3) is 0 Å². The predicted octanol–water partition coefficient (Wildman–Crippen LogP) is 2.37. The average Bonchev–Trinajstić information content (AvgIpc) is 3.19. The number of methoxy groups -OCH3 is 2. The SMILES string of the molecule is COc1cc(C)cc(OC)c1OCC(=O)C1CC1. The van der Waals surface area contributed by atoms with E-state index in [4.69, 9.17) is 14.2 Å². The molecule has 1 saturated carbocycles. The van der Waals surface area contributed by atoms with Gasteiger partial charge in [-0.15, -0.1) is 0 Å². The standard InChI is InChI=1S/C14H18O4/c1-9-6-12(16-2)14(13(7-9)17-3)18-8-11(15)10-4-5-10/h6-7,10H,4-5,8H2,1-3H3. The van der Waals surface area contributed by atoms with E-state index in [2.05, 4.69) is 0 Å². The van der Waals surface area contributed by atoms with E-state index in [0.29, 0.717) is 17.2 Å². The molecule has 4 nitrogen and oxygen atoms in total. The van der Waals surface area contributed by atoms with Gasteiger partial charge in [-0.2, -0.15) is 0 Å². The molecule has 1 aliphatic rings. The quantitative estimate of drug-likeness (QED) is 0.777. The molecule has 0 unspecified atom stereocenters. The Morgan fingerprint density at radius 2 is 1.78 bits per heavy atom.